The molecule has 1 unspecified atom stereocenters. The van der Waals surface area contributed by atoms with Crippen molar-refractivity contribution in [1.29, 1.82) is 0 Å². The predicted octanol–water partition coefficient (Wildman–Crippen LogP) is 7.51. The zero-order valence-electron chi connectivity index (χ0n) is 22.0. The summed E-state index contributed by atoms with van der Waals surface area (Å²) in [6.45, 7) is 7.35. The maximum atomic E-state index is 12.9. The van der Waals surface area contributed by atoms with Crippen LogP contribution in [0, 0.1) is 5.92 Å². The van der Waals surface area contributed by atoms with Crippen molar-refractivity contribution in [3.05, 3.63) is 36.1 Å². The zero-order valence-corrected chi connectivity index (χ0v) is 22.0. The number of fused-ring (bicyclic) bond motifs is 1. The van der Waals surface area contributed by atoms with Gasteiger partial charge in [-0.1, -0.05) is 110 Å². The number of aliphatic imine (C=N–C) groups is 1. The summed E-state index contributed by atoms with van der Waals surface area (Å²) in [6.07, 6.45) is 16.1. The normalized spacial score (nSPS) is 12.9. The number of furan rings is 1. The first-order valence-corrected chi connectivity index (χ1v) is 13.6. The van der Waals surface area contributed by atoms with Crippen LogP contribution in [0.2, 0.25) is 0 Å². The van der Waals surface area contributed by atoms with Gasteiger partial charge in [0.25, 0.3) is 5.91 Å². The molecule has 1 aromatic carbocycles. The molecule has 0 aliphatic carbocycles. The van der Waals surface area contributed by atoms with Gasteiger partial charge in [0, 0.05) is 19.0 Å². The fourth-order valence-electron chi connectivity index (χ4n) is 4.37. The zero-order chi connectivity index (χ0) is 24.6. The highest BCUT2D eigenvalue weighted by Crippen LogP contribution is 2.19. The molecule has 0 saturated heterocycles. The molecule has 0 aliphatic rings. The van der Waals surface area contributed by atoms with Gasteiger partial charge < -0.3 is 15.1 Å². The van der Waals surface area contributed by atoms with Gasteiger partial charge in [-0.2, -0.15) is 0 Å². The number of unbranched alkanes of at least 4 members (excludes halogenated alkanes) is 11. The lowest BCUT2D eigenvalue weighted by molar-refractivity contribution is 0.0913. The Hall–Kier alpha value is -2.30. The molecule has 190 valence electrons. The Balaban J connectivity index is 1.66. The molecule has 1 atom stereocenters. The number of rotatable bonds is 17. The van der Waals surface area contributed by atoms with Crippen molar-refractivity contribution < 1.29 is 9.21 Å². The van der Waals surface area contributed by atoms with Crippen molar-refractivity contribution in [2.45, 2.75) is 104 Å². The summed E-state index contributed by atoms with van der Waals surface area (Å²) in [6, 6.07) is 9.29. The van der Waals surface area contributed by atoms with E-state index >= 15 is 0 Å². The van der Waals surface area contributed by atoms with Gasteiger partial charge in [0.1, 0.15) is 11.4 Å². The van der Waals surface area contributed by atoms with E-state index in [2.05, 4.69) is 36.4 Å². The number of benzene rings is 1. The Bertz CT molecular complexity index is 823. The van der Waals surface area contributed by atoms with E-state index < -0.39 is 0 Å². The minimum absolute atomic E-state index is 0.178. The molecule has 0 bridgehead atoms. The number of hydrogen-bond donors (Lipinski definition) is 2. The molecule has 34 heavy (non-hydrogen) atoms. The Kier molecular flexibility index (Phi) is 13.4. The summed E-state index contributed by atoms with van der Waals surface area (Å²) in [4.78, 5) is 17.3. The number of amidine groups is 1. The number of hydrogen-bond acceptors (Lipinski definition) is 3. The van der Waals surface area contributed by atoms with Crippen LogP contribution in [0.4, 0.5) is 0 Å². The van der Waals surface area contributed by atoms with Crippen molar-refractivity contribution in [2.24, 2.45) is 10.9 Å². The van der Waals surface area contributed by atoms with E-state index in [1.165, 1.54) is 70.6 Å². The van der Waals surface area contributed by atoms with E-state index in [9.17, 15) is 4.79 Å². The van der Waals surface area contributed by atoms with Crippen LogP contribution >= 0.6 is 0 Å². The fraction of sp³-hybridized carbons (Fsp3) is 0.655. The van der Waals surface area contributed by atoms with Gasteiger partial charge in [-0.3, -0.25) is 9.79 Å². The molecule has 5 heteroatoms. The third-order valence-corrected chi connectivity index (χ3v) is 6.47. The summed E-state index contributed by atoms with van der Waals surface area (Å²) in [5.74, 6) is 1.18. The van der Waals surface area contributed by atoms with Gasteiger partial charge >= 0.3 is 0 Å². The van der Waals surface area contributed by atoms with Gasteiger partial charge in [0.05, 0.1) is 6.04 Å². The highest BCUT2D eigenvalue weighted by molar-refractivity contribution is 5.99. The molecule has 1 aromatic heterocycles. The molecule has 2 rings (SSSR count). The summed E-state index contributed by atoms with van der Waals surface area (Å²) >= 11 is 0. The average molecular weight is 470 g/mol. The van der Waals surface area contributed by atoms with E-state index in [1.807, 2.05) is 24.3 Å². The van der Waals surface area contributed by atoms with Crippen LogP contribution in [0.15, 0.2) is 39.7 Å². The highest BCUT2D eigenvalue weighted by atomic mass is 16.3. The van der Waals surface area contributed by atoms with E-state index in [1.54, 1.807) is 13.1 Å². The quantitative estimate of drug-likeness (QED) is 0.143. The van der Waals surface area contributed by atoms with Crippen molar-refractivity contribution in [3.63, 3.8) is 0 Å². The summed E-state index contributed by atoms with van der Waals surface area (Å²) in [7, 11) is 1.79. The molecule has 1 heterocycles. The van der Waals surface area contributed by atoms with E-state index in [-0.39, 0.29) is 17.9 Å². The minimum atomic E-state index is -0.205. The molecular formula is C29H47N3O2. The number of amides is 1. The monoisotopic (exact) mass is 469 g/mol. The topological polar surface area (TPSA) is 66.6 Å². The second-order valence-electron chi connectivity index (χ2n) is 9.77. The molecule has 0 saturated carbocycles. The van der Waals surface area contributed by atoms with E-state index in [4.69, 9.17) is 4.42 Å². The third-order valence-electron chi connectivity index (χ3n) is 6.47. The number of nitrogens with zero attached hydrogens (tertiary/aromatic N) is 1. The molecule has 2 aromatic rings. The first-order chi connectivity index (χ1) is 16.6. The third kappa shape index (κ3) is 9.90. The van der Waals surface area contributed by atoms with Gasteiger partial charge in [-0.15, -0.1) is 0 Å². The Morgan fingerprint density at radius 3 is 2.06 bits per heavy atom. The van der Waals surface area contributed by atoms with Crippen LogP contribution in [-0.4, -0.2) is 31.4 Å². The summed E-state index contributed by atoms with van der Waals surface area (Å²) in [5.41, 5.74) is 0.725. The lowest BCUT2D eigenvalue weighted by Crippen LogP contribution is -2.50. The van der Waals surface area contributed by atoms with Crippen molar-refractivity contribution in [3.8, 4) is 0 Å². The van der Waals surface area contributed by atoms with Crippen molar-refractivity contribution in [2.75, 3.05) is 13.6 Å². The Morgan fingerprint density at radius 1 is 0.912 bits per heavy atom. The van der Waals surface area contributed by atoms with Crippen LogP contribution in [0.1, 0.15) is 108 Å². The van der Waals surface area contributed by atoms with Gasteiger partial charge in [-0.05, 0) is 24.5 Å². The first-order valence-electron chi connectivity index (χ1n) is 13.6. The molecule has 2 N–H and O–H groups in total. The molecule has 1 amide bonds. The lowest BCUT2D eigenvalue weighted by atomic mass is 10.0. The van der Waals surface area contributed by atoms with Gasteiger partial charge in [0.15, 0.2) is 5.76 Å². The minimum Gasteiger partial charge on any atom is -0.451 e. The molecule has 0 fully saturated rings. The molecule has 0 aliphatic heterocycles. The fourth-order valence-corrected chi connectivity index (χ4v) is 4.37. The summed E-state index contributed by atoms with van der Waals surface area (Å²) in [5, 5.41) is 7.52. The lowest BCUT2D eigenvalue weighted by Gasteiger charge is -2.24. The van der Waals surface area contributed by atoms with Crippen molar-refractivity contribution >= 4 is 22.7 Å². The second kappa shape index (κ2) is 16.3. The van der Waals surface area contributed by atoms with E-state index in [0.29, 0.717) is 5.76 Å². The molecule has 0 radical (unpaired) electrons. The number of carbonyl (C=O) groups excluding carboxylic acids is 1. The Labute approximate surface area is 207 Å². The molecule has 0 spiro atoms. The van der Waals surface area contributed by atoms with Gasteiger partial charge in [0.2, 0.25) is 0 Å². The van der Waals surface area contributed by atoms with Crippen LogP contribution in [-0.2, 0) is 0 Å². The largest absolute Gasteiger partial charge is 0.451 e. The van der Waals surface area contributed by atoms with E-state index in [0.717, 1.165) is 29.8 Å². The smallest absolute Gasteiger partial charge is 0.287 e. The second-order valence-corrected chi connectivity index (χ2v) is 9.77. The SMILES string of the molecule is CCCCCCCCCCCCCCNC(=NC)C(NC(=O)c1cc2ccccc2o1)C(C)C. The summed E-state index contributed by atoms with van der Waals surface area (Å²) < 4.78 is 5.73. The maximum absolute atomic E-state index is 12.9. The van der Waals surface area contributed by atoms with Crippen LogP contribution in [0.5, 0.6) is 0 Å². The molecule has 5 nitrogen and oxygen atoms in total. The van der Waals surface area contributed by atoms with Gasteiger partial charge in [-0.25, -0.2) is 0 Å². The van der Waals surface area contributed by atoms with Crippen LogP contribution in [0.25, 0.3) is 11.0 Å². The number of para-hydroxylation sites is 1. The standard InChI is InChI=1S/C29H47N3O2/c1-5-6-7-8-9-10-11-12-13-14-15-18-21-31-28(30-4)27(23(2)3)32-29(33)26-22-24-19-16-17-20-25(24)34-26/h16-17,19-20,22-23,27H,5-15,18,21H2,1-4H3,(H,30,31)(H,32,33). The predicted molar refractivity (Wildman–Crippen MR) is 145 cm³/mol. The van der Waals surface area contributed by atoms with Crippen LogP contribution < -0.4 is 10.6 Å². The average Bonchev–Trinajstić information content (AvgIpc) is 3.27. The first kappa shape index (κ1) is 27.9. The Morgan fingerprint density at radius 2 is 1.50 bits per heavy atom. The van der Waals surface area contributed by atoms with Crippen LogP contribution in [0.3, 0.4) is 0 Å². The van der Waals surface area contributed by atoms with Crippen molar-refractivity contribution in [1.82, 2.24) is 10.6 Å². The number of carbonyl (C=O) groups is 1. The number of nitrogens with one attached hydrogen (secondary N) is 2. The molecular weight excluding hydrogens is 422 g/mol. The highest BCUT2D eigenvalue weighted by Gasteiger charge is 2.24. The maximum Gasteiger partial charge on any atom is 0.287 e.